The number of fused-ring (bicyclic) bond motifs is 1. The maximum absolute atomic E-state index is 13.2. The van der Waals surface area contributed by atoms with Gasteiger partial charge in [-0.1, -0.05) is 12.1 Å². The zero-order valence-electron chi connectivity index (χ0n) is 15.0. The molecule has 0 spiro atoms. The lowest BCUT2D eigenvalue weighted by Crippen LogP contribution is -2.36. The molecule has 27 heavy (non-hydrogen) atoms. The van der Waals surface area contributed by atoms with Crippen LogP contribution in [0.1, 0.15) is 30.6 Å². The summed E-state index contributed by atoms with van der Waals surface area (Å²) in [6.07, 6.45) is 2.57. The van der Waals surface area contributed by atoms with Gasteiger partial charge >= 0.3 is 11.1 Å². The molecule has 1 N–H and O–H groups in total. The molecule has 7 nitrogen and oxygen atoms in total. The van der Waals surface area contributed by atoms with Crippen LogP contribution in [0.3, 0.4) is 0 Å². The summed E-state index contributed by atoms with van der Waals surface area (Å²) in [6.45, 7) is 1.49. The van der Waals surface area contributed by atoms with Crippen LogP contribution in [-0.2, 0) is 33.7 Å². The van der Waals surface area contributed by atoms with Gasteiger partial charge in [0.25, 0.3) is 5.56 Å². The number of ether oxygens (including phenoxy) is 1. The molecular formula is C18H20FN3O4S. The molecule has 0 bridgehead atoms. The number of benzene rings is 1. The summed E-state index contributed by atoms with van der Waals surface area (Å²) in [7, 11) is 0. The molecule has 144 valence electrons. The second-order valence-corrected chi connectivity index (χ2v) is 7.43. The smallest absolute Gasteiger partial charge is 0.326 e. The Balaban J connectivity index is 1.98. The first-order valence-electron chi connectivity index (χ1n) is 8.55. The number of esters is 1. The Bertz CT molecular complexity index is 899. The van der Waals surface area contributed by atoms with Gasteiger partial charge in [0.1, 0.15) is 24.3 Å². The van der Waals surface area contributed by atoms with Gasteiger partial charge in [-0.25, -0.2) is 8.96 Å². The largest absolute Gasteiger partial charge is 0.609 e. The van der Waals surface area contributed by atoms with Crippen molar-refractivity contribution in [1.82, 2.24) is 9.55 Å². The number of hydrogen-bond acceptors (Lipinski definition) is 6. The van der Waals surface area contributed by atoms with Crippen LogP contribution in [0.4, 0.5) is 10.1 Å². The minimum atomic E-state index is -1.54. The van der Waals surface area contributed by atoms with E-state index in [1.165, 1.54) is 18.4 Å². The second-order valence-electron chi connectivity index (χ2n) is 6.15. The average molecular weight is 393 g/mol. The highest BCUT2D eigenvalue weighted by Crippen LogP contribution is 2.30. The van der Waals surface area contributed by atoms with Crippen molar-refractivity contribution in [3.05, 3.63) is 51.7 Å². The Morgan fingerprint density at radius 3 is 2.78 bits per heavy atom. The number of carbonyl (C=O) groups is 1. The Hall–Kier alpha value is -2.39. The first kappa shape index (κ1) is 19.4. The lowest BCUT2D eigenvalue weighted by atomic mass is 9.96. The van der Waals surface area contributed by atoms with Gasteiger partial charge in [0, 0.05) is 11.2 Å². The van der Waals surface area contributed by atoms with Crippen molar-refractivity contribution in [2.45, 2.75) is 37.5 Å². The highest BCUT2D eigenvalue weighted by molar-refractivity contribution is 7.90. The number of aryl methyl sites for hydroxylation is 1. The molecule has 1 unspecified atom stereocenters. The fourth-order valence-electron chi connectivity index (χ4n) is 3.07. The van der Waals surface area contributed by atoms with Crippen molar-refractivity contribution in [1.29, 1.82) is 0 Å². The Kier molecular flexibility index (Phi) is 5.81. The molecule has 2 aromatic rings. The van der Waals surface area contributed by atoms with Crippen LogP contribution >= 0.6 is 0 Å². The van der Waals surface area contributed by atoms with Crippen LogP contribution < -0.4 is 10.9 Å². The molecule has 1 aromatic heterocycles. The molecule has 2 atom stereocenters. The fourth-order valence-corrected chi connectivity index (χ4v) is 3.77. The van der Waals surface area contributed by atoms with Crippen molar-refractivity contribution in [2.75, 3.05) is 18.2 Å². The summed E-state index contributed by atoms with van der Waals surface area (Å²) in [6, 6.07) is 5.89. The third kappa shape index (κ3) is 4.14. The molecule has 1 aromatic carbocycles. The van der Waals surface area contributed by atoms with Crippen molar-refractivity contribution in [2.24, 2.45) is 0 Å². The zero-order valence-corrected chi connectivity index (χ0v) is 15.8. The quantitative estimate of drug-likeness (QED) is 0.473. The molecule has 1 aliphatic heterocycles. The second kappa shape index (κ2) is 8.10. The maximum atomic E-state index is 13.2. The van der Waals surface area contributed by atoms with Gasteiger partial charge in [0.2, 0.25) is 0 Å². The van der Waals surface area contributed by atoms with E-state index >= 15 is 0 Å². The molecule has 0 amide bonds. The summed E-state index contributed by atoms with van der Waals surface area (Å²) >= 11 is -1.54. The normalized spacial score (nSPS) is 17.0. The summed E-state index contributed by atoms with van der Waals surface area (Å²) in [5, 5.41) is 3.19. The van der Waals surface area contributed by atoms with Crippen LogP contribution in [0.15, 0.2) is 34.2 Å². The van der Waals surface area contributed by atoms with Gasteiger partial charge in [0.15, 0.2) is 0 Å². The van der Waals surface area contributed by atoms with Crippen LogP contribution in [0, 0.1) is 5.82 Å². The fraction of sp³-hybridized carbons (Fsp3) is 0.389. The van der Waals surface area contributed by atoms with E-state index in [0.717, 1.165) is 10.1 Å². The first-order valence-corrected chi connectivity index (χ1v) is 10.1. The summed E-state index contributed by atoms with van der Waals surface area (Å²) in [5.41, 5.74) is 1.17. The first-order chi connectivity index (χ1) is 12.9. The highest BCUT2D eigenvalue weighted by atomic mass is 32.2. The van der Waals surface area contributed by atoms with E-state index in [1.54, 1.807) is 19.1 Å². The lowest BCUT2D eigenvalue weighted by Gasteiger charge is -2.27. The SMILES string of the molecule is CCOC(=O)Cn1c([S+](C)[O-])nc2c(c1=O)N[C@H](c1ccc(F)cc1)CC2. The number of hydrogen-bond donors (Lipinski definition) is 1. The van der Waals surface area contributed by atoms with Gasteiger partial charge in [0.05, 0.1) is 18.3 Å². The van der Waals surface area contributed by atoms with E-state index in [4.69, 9.17) is 4.74 Å². The van der Waals surface area contributed by atoms with E-state index in [-0.39, 0.29) is 35.9 Å². The summed E-state index contributed by atoms with van der Waals surface area (Å²) in [4.78, 5) is 29.2. The van der Waals surface area contributed by atoms with Crippen molar-refractivity contribution in [3.63, 3.8) is 0 Å². The van der Waals surface area contributed by atoms with Gasteiger partial charge in [-0.05, 0) is 37.5 Å². The summed E-state index contributed by atoms with van der Waals surface area (Å²) in [5.74, 6) is -0.928. The number of halogens is 1. The van der Waals surface area contributed by atoms with Crippen LogP contribution in [-0.4, -0.2) is 32.9 Å². The van der Waals surface area contributed by atoms with Gasteiger partial charge < -0.3 is 14.6 Å². The predicted octanol–water partition coefficient (Wildman–Crippen LogP) is 1.78. The number of anilines is 1. The van der Waals surface area contributed by atoms with Crippen molar-refractivity contribution in [3.8, 4) is 0 Å². The predicted molar refractivity (Wildman–Crippen MR) is 98.5 cm³/mol. The monoisotopic (exact) mass is 393 g/mol. The molecule has 0 saturated carbocycles. The zero-order chi connectivity index (χ0) is 19.6. The molecule has 3 rings (SSSR count). The van der Waals surface area contributed by atoms with Crippen LogP contribution in [0.25, 0.3) is 0 Å². The lowest BCUT2D eigenvalue weighted by molar-refractivity contribution is -0.144. The van der Waals surface area contributed by atoms with E-state index in [2.05, 4.69) is 10.3 Å². The van der Waals surface area contributed by atoms with E-state index in [0.29, 0.717) is 18.5 Å². The summed E-state index contributed by atoms with van der Waals surface area (Å²) < 4.78 is 31.2. The van der Waals surface area contributed by atoms with E-state index in [9.17, 15) is 18.5 Å². The average Bonchev–Trinajstić information content (AvgIpc) is 2.64. The van der Waals surface area contributed by atoms with Crippen molar-refractivity contribution < 1.29 is 18.5 Å². The van der Waals surface area contributed by atoms with E-state index < -0.39 is 22.7 Å². The highest BCUT2D eigenvalue weighted by Gasteiger charge is 2.29. The van der Waals surface area contributed by atoms with Crippen LogP contribution in [0.2, 0.25) is 0 Å². The number of nitrogens with one attached hydrogen (secondary N) is 1. The van der Waals surface area contributed by atoms with Gasteiger partial charge in [-0.3, -0.25) is 9.59 Å². The van der Waals surface area contributed by atoms with Gasteiger partial charge in [-0.2, -0.15) is 4.98 Å². The third-order valence-electron chi connectivity index (χ3n) is 4.32. The number of rotatable bonds is 5. The molecular weight excluding hydrogens is 373 g/mol. The molecule has 9 heteroatoms. The number of nitrogens with zero attached hydrogens (tertiary/aromatic N) is 2. The molecule has 0 fully saturated rings. The van der Waals surface area contributed by atoms with Crippen molar-refractivity contribution >= 4 is 22.8 Å². The minimum Gasteiger partial charge on any atom is -0.609 e. The third-order valence-corrected chi connectivity index (χ3v) is 5.15. The van der Waals surface area contributed by atoms with E-state index in [1.807, 2.05) is 0 Å². The number of carbonyl (C=O) groups excluding carboxylic acids is 1. The van der Waals surface area contributed by atoms with Crippen LogP contribution in [0.5, 0.6) is 0 Å². The Labute approximate surface area is 158 Å². The molecule has 0 saturated heterocycles. The minimum absolute atomic E-state index is 0.0498. The molecule has 1 aliphatic rings. The Morgan fingerprint density at radius 1 is 1.44 bits per heavy atom. The topological polar surface area (TPSA) is 96.3 Å². The number of aromatic nitrogens is 2. The van der Waals surface area contributed by atoms with Gasteiger partial charge in [-0.15, -0.1) is 0 Å². The molecule has 0 radical (unpaired) electrons. The Morgan fingerprint density at radius 2 is 2.15 bits per heavy atom. The molecule has 0 aliphatic carbocycles. The standard InChI is InChI=1S/C18H20FN3O4S/c1-3-26-15(23)10-22-17(24)16-14(21-18(22)27(2)25)9-8-13(20-16)11-4-6-12(19)7-5-11/h4-7,13,20H,3,8-10H2,1-2H3/t13-,27?/m0/s1. The maximum Gasteiger partial charge on any atom is 0.326 e. The molecule has 2 heterocycles.